The van der Waals surface area contributed by atoms with Crippen molar-refractivity contribution in [1.82, 2.24) is 4.90 Å². The fourth-order valence-corrected chi connectivity index (χ4v) is 5.86. The highest BCUT2D eigenvalue weighted by molar-refractivity contribution is 6.03. The normalized spacial score (nSPS) is 22.0. The molecule has 0 aromatic heterocycles. The van der Waals surface area contributed by atoms with Crippen LogP contribution in [0.1, 0.15) is 35.6 Å². The van der Waals surface area contributed by atoms with Crippen molar-refractivity contribution < 1.29 is 4.79 Å². The highest BCUT2D eigenvalue weighted by Gasteiger charge is 2.36. The van der Waals surface area contributed by atoms with Crippen LogP contribution in [0.2, 0.25) is 0 Å². The van der Waals surface area contributed by atoms with Crippen molar-refractivity contribution in [3.8, 4) is 0 Å². The number of para-hydroxylation sites is 1. The largest absolute Gasteiger partial charge is 0.336 e. The molecule has 3 aliphatic rings. The van der Waals surface area contributed by atoms with E-state index in [1.165, 1.54) is 27.6 Å². The van der Waals surface area contributed by atoms with Crippen LogP contribution in [-0.2, 0) is 17.6 Å². The minimum atomic E-state index is 0.161. The van der Waals surface area contributed by atoms with Crippen LogP contribution >= 0.6 is 0 Å². The number of hydrogen-bond acceptors (Lipinski definition) is 3. The van der Waals surface area contributed by atoms with E-state index in [-0.39, 0.29) is 5.78 Å². The van der Waals surface area contributed by atoms with Crippen LogP contribution in [0.3, 0.4) is 0 Å². The van der Waals surface area contributed by atoms with Gasteiger partial charge in [0.2, 0.25) is 0 Å². The predicted octanol–water partition coefficient (Wildman–Crippen LogP) is 5.05. The first-order valence-corrected chi connectivity index (χ1v) is 11.0. The monoisotopic (exact) mass is 394 g/mol. The third kappa shape index (κ3) is 2.65. The van der Waals surface area contributed by atoms with Crippen molar-refractivity contribution in [1.29, 1.82) is 0 Å². The minimum Gasteiger partial charge on any atom is -0.336 e. The lowest BCUT2D eigenvalue weighted by Gasteiger charge is -2.44. The summed E-state index contributed by atoms with van der Waals surface area (Å²) >= 11 is 0. The Hall–Kier alpha value is -2.91. The number of Topliss-reactive ketones (excluding diaryl/α,β-unsaturated/α-hetero) is 1. The molecule has 1 atom stereocenters. The van der Waals surface area contributed by atoms with Gasteiger partial charge < -0.3 is 4.90 Å². The fourth-order valence-electron chi connectivity index (χ4n) is 5.86. The Morgan fingerprint density at radius 1 is 0.867 bits per heavy atom. The van der Waals surface area contributed by atoms with Gasteiger partial charge in [0, 0.05) is 37.3 Å². The first kappa shape index (κ1) is 17.9. The number of benzene rings is 3. The standard InChI is InChI=1S/C27H26N2O/c1-18-26(30)17-20-6-2-3-11-24(20)29(18)22-12-14-28(15-13-22)25-16-21-9-4-7-19-8-5-10-23(25)27(19)21/h2-11,22,25H,1,12-17H2. The third-order valence-electron chi connectivity index (χ3n) is 7.32. The van der Waals surface area contributed by atoms with E-state index in [2.05, 4.69) is 71.0 Å². The zero-order chi connectivity index (χ0) is 20.2. The molecule has 3 aromatic rings. The summed E-state index contributed by atoms with van der Waals surface area (Å²) < 4.78 is 0. The first-order valence-electron chi connectivity index (χ1n) is 11.0. The molecule has 0 amide bonds. The molecule has 0 saturated carbocycles. The van der Waals surface area contributed by atoms with Crippen molar-refractivity contribution in [3.63, 3.8) is 0 Å². The van der Waals surface area contributed by atoms with Gasteiger partial charge in [-0.3, -0.25) is 9.69 Å². The molecule has 1 fully saturated rings. The summed E-state index contributed by atoms with van der Waals surface area (Å²) in [6.07, 6.45) is 3.71. The molecule has 0 spiro atoms. The van der Waals surface area contributed by atoms with E-state index < -0.39 is 0 Å². The maximum Gasteiger partial charge on any atom is 0.183 e. The Kier molecular flexibility index (Phi) is 4.07. The molecule has 6 rings (SSSR count). The summed E-state index contributed by atoms with van der Waals surface area (Å²) in [4.78, 5) is 17.5. The maximum atomic E-state index is 12.6. The Labute approximate surface area is 177 Å². The summed E-state index contributed by atoms with van der Waals surface area (Å²) in [6, 6.07) is 22.6. The van der Waals surface area contributed by atoms with Gasteiger partial charge in [-0.05, 0) is 52.8 Å². The summed E-state index contributed by atoms with van der Waals surface area (Å²) in [5.74, 6) is 0.161. The zero-order valence-electron chi connectivity index (χ0n) is 17.2. The summed E-state index contributed by atoms with van der Waals surface area (Å²) in [5.41, 5.74) is 5.96. The molecule has 1 unspecified atom stereocenters. The van der Waals surface area contributed by atoms with Crippen LogP contribution in [-0.4, -0.2) is 29.8 Å². The summed E-state index contributed by atoms with van der Waals surface area (Å²) in [6.45, 7) is 6.27. The number of likely N-dealkylation sites (tertiary alicyclic amines) is 1. The molecule has 3 aromatic carbocycles. The predicted molar refractivity (Wildman–Crippen MR) is 122 cm³/mol. The van der Waals surface area contributed by atoms with Crippen LogP contribution in [0.25, 0.3) is 10.8 Å². The molecule has 1 saturated heterocycles. The molecule has 30 heavy (non-hydrogen) atoms. The summed E-state index contributed by atoms with van der Waals surface area (Å²) in [7, 11) is 0. The smallest absolute Gasteiger partial charge is 0.183 e. The number of anilines is 1. The topological polar surface area (TPSA) is 23.6 Å². The van der Waals surface area contributed by atoms with Crippen molar-refractivity contribution in [3.05, 3.63) is 89.6 Å². The van der Waals surface area contributed by atoms with Gasteiger partial charge in [-0.15, -0.1) is 0 Å². The fraction of sp³-hybridized carbons (Fsp3) is 0.296. The second-order valence-corrected chi connectivity index (χ2v) is 8.89. The van der Waals surface area contributed by atoms with E-state index in [9.17, 15) is 4.79 Å². The molecular formula is C27H26N2O. The van der Waals surface area contributed by atoms with Gasteiger partial charge >= 0.3 is 0 Å². The van der Waals surface area contributed by atoms with E-state index >= 15 is 0 Å². The number of allylic oxidation sites excluding steroid dienone is 1. The SMILES string of the molecule is C=C1C(=O)Cc2ccccc2N1C1CCN(C2Cc3cccc4cccc2c34)CC1. The van der Waals surface area contributed by atoms with Gasteiger partial charge in [-0.2, -0.15) is 0 Å². The lowest BCUT2D eigenvalue weighted by molar-refractivity contribution is -0.115. The second-order valence-electron chi connectivity index (χ2n) is 8.89. The molecular weight excluding hydrogens is 368 g/mol. The van der Waals surface area contributed by atoms with Gasteiger partial charge in [0.05, 0.1) is 5.70 Å². The number of piperidine rings is 1. The molecule has 0 radical (unpaired) electrons. The molecule has 3 nitrogen and oxygen atoms in total. The number of ketones is 1. The molecule has 150 valence electrons. The van der Waals surface area contributed by atoms with Crippen LogP contribution < -0.4 is 4.90 Å². The number of nitrogens with zero attached hydrogens (tertiary/aromatic N) is 2. The lowest BCUT2D eigenvalue weighted by Crippen LogP contribution is -2.48. The van der Waals surface area contributed by atoms with Gasteiger partial charge in [0.15, 0.2) is 5.78 Å². The third-order valence-corrected chi connectivity index (χ3v) is 7.32. The van der Waals surface area contributed by atoms with Crippen LogP contribution in [0, 0.1) is 0 Å². The number of carbonyl (C=O) groups is 1. The Morgan fingerprint density at radius 3 is 2.43 bits per heavy atom. The molecule has 3 heteroatoms. The van der Waals surface area contributed by atoms with Crippen LogP contribution in [0.4, 0.5) is 5.69 Å². The molecule has 0 bridgehead atoms. The van der Waals surface area contributed by atoms with E-state index in [4.69, 9.17) is 0 Å². The Morgan fingerprint density at radius 2 is 1.60 bits per heavy atom. The van der Waals surface area contributed by atoms with E-state index in [0.29, 0.717) is 24.2 Å². The Balaban J connectivity index is 1.24. The maximum absolute atomic E-state index is 12.6. The number of hydrogen-bond donors (Lipinski definition) is 0. The minimum absolute atomic E-state index is 0.161. The second kappa shape index (κ2) is 6.82. The average Bonchev–Trinajstić information content (AvgIpc) is 3.16. The number of fused-ring (bicyclic) bond motifs is 1. The van der Waals surface area contributed by atoms with E-state index in [0.717, 1.165) is 37.9 Å². The van der Waals surface area contributed by atoms with Crippen molar-refractivity contribution in [2.24, 2.45) is 0 Å². The summed E-state index contributed by atoms with van der Waals surface area (Å²) in [5, 5.41) is 2.83. The van der Waals surface area contributed by atoms with Crippen molar-refractivity contribution in [2.75, 3.05) is 18.0 Å². The van der Waals surface area contributed by atoms with Gasteiger partial charge in [-0.1, -0.05) is 61.2 Å². The van der Waals surface area contributed by atoms with Gasteiger partial charge in [0.25, 0.3) is 0 Å². The van der Waals surface area contributed by atoms with Gasteiger partial charge in [0.1, 0.15) is 0 Å². The molecule has 2 aliphatic heterocycles. The van der Waals surface area contributed by atoms with Crippen LogP contribution in [0.15, 0.2) is 72.9 Å². The highest BCUT2D eigenvalue weighted by Crippen LogP contribution is 2.42. The molecule has 0 N–H and O–H groups in total. The molecule has 2 heterocycles. The zero-order valence-corrected chi connectivity index (χ0v) is 17.2. The number of carbonyl (C=O) groups excluding carboxylic acids is 1. The Bertz CT molecular complexity index is 1170. The van der Waals surface area contributed by atoms with E-state index in [1.807, 2.05) is 6.07 Å². The lowest BCUT2D eigenvalue weighted by atomic mass is 9.92. The van der Waals surface area contributed by atoms with Gasteiger partial charge in [-0.25, -0.2) is 0 Å². The van der Waals surface area contributed by atoms with Crippen molar-refractivity contribution in [2.45, 2.75) is 37.8 Å². The molecule has 1 aliphatic carbocycles. The van der Waals surface area contributed by atoms with E-state index in [1.54, 1.807) is 0 Å². The highest BCUT2D eigenvalue weighted by atomic mass is 16.1. The van der Waals surface area contributed by atoms with Crippen LogP contribution in [0.5, 0.6) is 0 Å². The van der Waals surface area contributed by atoms with Crippen molar-refractivity contribution >= 4 is 22.2 Å². The average molecular weight is 395 g/mol. The quantitative estimate of drug-likeness (QED) is 0.569. The first-order chi connectivity index (χ1) is 14.7. The number of rotatable bonds is 2.